The predicted molar refractivity (Wildman–Crippen MR) is 112 cm³/mol. The molecule has 0 radical (unpaired) electrons. The molecule has 1 atom stereocenters. The van der Waals surface area contributed by atoms with E-state index in [1.54, 1.807) is 55.1 Å². The lowest BCUT2D eigenvalue weighted by Crippen LogP contribution is -2.29. The smallest absolute Gasteiger partial charge is 0.295 e. The Morgan fingerprint density at radius 2 is 1.90 bits per heavy atom. The number of Topliss-reactive ketones (excluding diaryl/α,β-unsaturated/α-hetero) is 1. The second-order valence-electron chi connectivity index (χ2n) is 7.50. The number of amides is 1. The van der Waals surface area contributed by atoms with Crippen LogP contribution < -0.4 is 4.74 Å². The van der Waals surface area contributed by atoms with Gasteiger partial charge in [0.25, 0.3) is 11.7 Å². The largest absolute Gasteiger partial charge is 0.507 e. The molecule has 7 heteroatoms. The van der Waals surface area contributed by atoms with Gasteiger partial charge in [0.05, 0.1) is 18.2 Å². The fourth-order valence-corrected chi connectivity index (χ4v) is 4.11. The molecule has 1 saturated heterocycles. The van der Waals surface area contributed by atoms with Gasteiger partial charge in [-0.2, -0.15) is 0 Å². The van der Waals surface area contributed by atoms with E-state index in [-0.39, 0.29) is 17.9 Å². The summed E-state index contributed by atoms with van der Waals surface area (Å²) >= 11 is 0. The number of ketones is 1. The van der Waals surface area contributed by atoms with E-state index in [0.29, 0.717) is 17.7 Å². The average Bonchev–Trinajstić information content (AvgIpc) is 3.38. The van der Waals surface area contributed by atoms with Crippen molar-refractivity contribution in [3.63, 3.8) is 0 Å². The highest BCUT2D eigenvalue weighted by Gasteiger charge is 2.46. The van der Waals surface area contributed by atoms with Gasteiger partial charge in [0, 0.05) is 43.3 Å². The minimum absolute atomic E-state index is 0.0563. The van der Waals surface area contributed by atoms with Gasteiger partial charge < -0.3 is 14.7 Å². The monoisotopic (exact) mass is 413 g/mol. The number of aliphatic hydroxyl groups excluding tert-OH is 1. The standard InChI is InChI=1S/C24H19N3O4/c28-22(17-5-6-19-16(11-17)7-10-31-19)20-21(18-4-2-9-26-13-18)27(24(30)23(20)29)14-15-3-1-8-25-12-15/h1-6,8-9,11-13,21,28H,7,10,14H2/b22-20-. The molecule has 4 heterocycles. The Bertz CT molecular complexity index is 1190. The van der Waals surface area contributed by atoms with Crippen LogP contribution in [0.3, 0.4) is 0 Å². The van der Waals surface area contributed by atoms with Crippen LogP contribution in [0.2, 0.25) is 0 Å². The van der Waals surface area contributed by atoms with Crippen molar-refractivity contribution in [2.75, 3.05) is 6.61 Å². The molecular formula is C24H19N3O4. The Labute approximate surface area is 178 Å². The van der Waals surface area contributed by atoms with Gasteiger partial charge in [-0.15, -0.1) is 0 Å². The number of aliphatic hydroxyl groups is 1. The molecule has 0 bridgehead atoms. The van der Waals surface area contributed by atoms with Crippen molar-refractivity contribution in [1.82, 2.24) is 14.9 Å². The third-order valence-electron chi connectivity index (χ3n) is 5.58. The third kappa shape index (κ3) is 3.34. The fraction of sp³-hybridized carbons (Fsp3) is 0.167. The zero-order valence-corrected chi connectivity index (χ0v) is 16.6. The highest BCUT2D eigenvalue weighted by molar-refractivity contribution is 6.46. The Balaban J connectivity index is 1.63. The van der Waals surface area contributed by atoms with Crippen molar-refractivity contribution in [3.05, 3.63) is 95.1 Å². The van der Waals surface area contributed by atoms with Gasteiger partial charge in [0.2, 0.25) is 0 Å². The zero-order chi connectivity index (χ0) is 21.4. The van der Waals surface area contributed by atoms with E-state index in [0.717, 1.165) is 23.3 Å². The van der Waals surface area contributed by atoms with E-state index in [2.05, 4.69) is 9.97 Å². The van der Waals surface area contributed by atoms with Crippen molar-refractivity contribution >= 4 is 17.4 Å². The summed E-state index contributed by atoms with van der Waals surface area (Å²) in [6.07, 6.45) is 7.26. The number of fused-ring (bicyclic) bond motifs is 1. The second-order valence-corrected chi connectivity index (χ2v) is 7.50. The first-order valence-corrected chi connectivity index (χ1v) is 9.97. The number of likely N-dealkylation sites (tertiary alicyclic amines) is 1. The quantitative estimate of drug-likeness (QED) is 0.402. The summed E-state index contributed by atoms with van der Waals surface area (Å²) in [5.41, 5.74) is 2.94. The predicted octanol–water partition coefficient (Wildman–Crippen LogP) is 3.03. The molecule has 5 rings (SSSR count). The molecule has 0 aliphatic carbocycles. The van der Waals surface area contributed by atoms with Crippen LogP contribution >= 0.6 is 0 Å². The van der Waals surface area contributed by atoms with Crippen molar-refractivity contribution < 1.29 is 19.4 Å². The fourth-order valence-electron chi connectivity index (χ4n) is 4.11. The number of ether oxygens (including phenoxy) is 1. The molecule has 1 unspecified atom stereocenters. The number of hydrogen-bond acceptors (Lipinski definition) is 6. The van der Waals surface area contributed by atoms with Crippen molar-refractivity contribution in [2.24, 2.45) is 0 Å². The summed E-state index contributed by atoms with van der Waals surface area (Å²) < 4.78 is 5.53. The summed E-state index contributed by atoms with van der Waals surface area (Å²) in [6, 6.07) is 11.7. The maximum atomic E-state index is 13.1. The van der Waals surface area contributed by atoms with Gasteiger partial charge in [-0.3, -0.25) is 19.6 Å². The number of carbonyl (C=O) groups excluding carboxylic acids is 2. The van der Waals surface area contributed by atoms with E-state index in [9.17, 15) is 14.7 Å². The van der Waals surface area contributed by atoms with E-state index < -0.39 is 17.7 Å². The van der Waals surface area contributed by atoms with E-state index in [1.165, 1.54) is 4.90 Å². The number of rotatable bonds is 4. The van der Waals surface area contributed by atoms with Gasteiger partial charge in [0.1, 0.15) is 11.5 Å². The molecular weight excluding hydrogens is 394 g/mol. The van der Waals surface area contributed by atoms with Crippen LogP contribution in [0, 0.1) is 0 Å². The summed E-state index contributed by atoms with van der Waals surface area (Å²) in [5, 5.41) is 11.2. The minimum atomic E-state index is -0.751. The minimum Gasteiger partial charge on any atom is -0.507 e. The average molecular weight is 413 g/mol. The van der Waals surface area contributed by atoms with Gasteiger partial charge in [-0.25, -0.2) is 0 Å². The highest BCUT2D eigenvalue weighted by Crippen LogP contribution is 2.40. The first-order valence-electron chi connectivity index (χ1n) is 9.97. The van der Waals surface area contributed by atoms with Crippen LogP contribution in [0.15, 0.2) is 72.8 Å². The van der Waals surface area contributed by atoms with Crippen LogP contribution in [0.5, 0.6) is 5.75 Å². The third-order valence-corrected chi connectivity index (χ3v) is 5.58. The normalized spacial score (nSPS) is 19.4. The highest BCUT2D eigenvalue weighted by atomic mass is 16.5. The summed E-state index contributed by atoms with van der Waals surface area (Å²) in [5.74, 6) is -0.802. The Morgan fingerprint density at radius 3 is 2.65 bits per heavy atom. The molecule has 31 heavy (non-hydrogen) atoms. The lowest BCUT2D eigenvalue weighted by Gasteiger charge is -2.25. The number of carbonyl (C=O) groups is 2. The van der Waals surface area contributed by atoms with Gasteiger partial charge in [-0.1, -0.05) is 12.1 Å². The van der Waals surface area contributed by atoms with E-state index in [1.807, 2.05) is 12.1 Å². The molecule has 154 valence electrons. The molecule has 7 nitrogen and oxygen atoms in total. The van der Waals surface area contributed by atoms with Crippen LogP contribution in [-0.4, -0.2) is 38.3 Å². The molecule has 3 aromatic rings. The SMILES string of the molecule is O=C1C(=O)N(Cc2cccnc2)C(c2cccnc2)/C1=C(/O)c1ccc2c(c1)CCO2. The lowest BCUT2D eigenvalue weighted by molar-refractivity contribution is -0.140. The van der Waals surface area contributed by atoms with Crippen LogP contribution in [-0.2, 0) is 22.6 Å². The van der Waals surface area contributed by atoms with Crippen LogP contribution in [0.4, 0.5) is 0 Å². The van der Waals surface area contributed by atoms with Crippen molar-refractivity contribution in [2.45, 2.75) is 19.0 Å². The first-order chi connectivity index (χ1) is 15.1. The maximum Gasteiger partial charge on any atom is 0.295 e. The molecule has 2 aliphatic heterocycles. The Kier molecular flexibility index (Phi) is 4.71. The van der Waals surface area contributed by atoms with Crippen molar-refractivity contribution in [1.29, 1.82) is 0 Å². The van der Waals surface area contributed by atoms with Gasteiger partial charge in [0.15, 0.2) is 0 Å². The van der Waals surface area contributed by atoms with Gasteiger partial charge in [-0.05, 0) is 47.0 Å². The number of benzene rings is 1. The molecule has 1 amide bonds. The van der Waals surface area contributed by atoms with E-state index >= 15 is 0 Å². The molecule has 1 aromatic carbocycles. The topological polar surface area (TPSA) is 92.6 Å². The molecule has 0 spiro atoms. The van der Waals surface area contributed by atoms with Crippen molar-refractivity contribution in [3.8, 4) is 5.75 Å². The van der Waals surface area contributed by atoms with Gasteiger partial charge >= 0.3 is 0 Å². The second kappa shape index (κ2) is 7.68. The maximum absolute atomic E-state index is 13.1. The Hall–Kier alpha value is -4.00. The lowest BCUT2D eigenvalue weighted by atomic mass is 9.95. The molecule has 2 aliphatic rings. The van der Waals surface area contributed by atoms with Crippen LogP contribution in [0.25, 0.3) is 5.76 Å². The molecule has 0 saturated carbocycles. The number of pyridine rings is 2. The number of nitrogens with zero attached hydrogens (tertiary/aromatic N) is 3. The first kappa shape index (κ1) is 19.0. The zero-order valence-electron chi connectivity index (χ0n) is 16.6. The number of hydrogen-bond donors (Lipinski definition) is 1. The Morgan fingerprint density at radius 1 is 1.10 bits per heavy atom. The molecule has 1 N–H and O–H groups in total. The van der Waals surface area contributed by atoms with E-state index in [4.69, 9.17) is 4.74 Å². The summed E-state index contributed by atoms with van der Waals surface area (Å²) in [4.78, 5) is 35.8. The van der Waals surface area contributed by atoms with Crippen LogP contribution in [0.1, 0.15) is 28.3 Å². The summed E-state index contributed by atoms with van der Waals surface area (Å²) in [6.45, 7) is 0.775. The molecule has 2 aromatic heterocycles. The number of aromatic nitrogens is 2. The molecule has 1 fully saturated rings. The summed E-state index contributed by atoms with van der Waals surface area (Å²) in [7, 11) is 0.